The third kappa shape index (κ3) is 2.75. The highest BCUT2D eigenvalue weighted by atomic mass is 16.7. The molecule has 5 nitrogen and oxygen atoms in total. The number of hydrogen-bond donors (Lipinski definition) is 0. The molecule has 2 amide bonds. The summed E-state index contributed by atoms with van der Waals surface area (Å²) >= 11 is 0. The van der Waals surface area contributed by atoms with Crippen molar-refractivity contribution in [2.24, 2.45) is 5.92 Å². The molecule has 2 saturated heterocycles. The van der Waals surface area contributed by atoms with Gasteiger partial charge in [0.1, 0.15) is 5.92 Å². The molecule has 5 heteroatoms. The van der Waals surface area contributed by atoms with Crippen LogP contribution in [-0.4, -0.2) is 17.9 Å². The summed E-state index contributed by atoms with van der Waals surface area (Å²) in [5, 5.41) is 3.87. The molecule has 0 unspecified atom stereocenters. The van der Waals surface area contributed by atoms with Gasteiger partial charge < -0.3 is 0 Å². The van der Waals surface area contributed by atoms with E-state index in [-0.39, 0.29) is 11.8 Å². The zero-order chi connectivity index (χ0) is 21.7. The van der Waals surface area contributed by atoms with Crippen LogP contribution in [0.2, 0.25) is 0 Å². The van der Waals surface area contributed by atoms with Gasteiger partial charge in [-0.05, 0) is 40.6 Å². The number of nitrogens with zero attached hydrogens (tertiary/aromatic N) is 2. The Balaban J connectivity index is 1.52. The number of para-hydroxylation sites is 2. The number of benzene rings is 4. The number of amides is 2. The number of hydroxylamine groups is 1. The predicted octanol–water partition coefficient (Wildman–Crippen LogP) is 4.89. The maximum absolute atomic E-state index is 13.7. The van der Waals surface area contributed by atoms with Crippen LogP contribution in [0.4, 0.5) is 11.4 Å². The minimum Gasteiger partial charge on any atom is -0.273 e. The summed E-state index contributed by atoms with van der Waals surface area (Å²) in [6, 6.07) is 32.4. The Labute approximate surface area is 185 Å². The molecule has 2 heterocycles. The average Bonchev–Trinajstić information content (AvgIpc) is 3.35. The fraction of sp³-hybridized carbons (Fsp3) is 0.111. The molecule has 4 aromatic carbocycles. The van der Waals surface area contributed by atoms with Gasteiger partial charge in [0.2, 0.25) is 5.91 Å². The Kier molecular flexibility index (Phi) is 4.30. The van der Waals surface area contributed by atoms with Crippen LogP contribution in [0.15, 0.2) is 103 Å². The second-order valence-electron chi connectivity index (χ2n) is 8.07. The van der Waals surface area contributed by atoms with Crippen molar-refractivity contribution in [2.75, 3.05) is 9.96 Å². The first-order chi connectivity index (χ1) is 15.7. The lowest BCUT2D eigenvalue weighted by Crippen LogP contribution is -2.37. The van der Waals surface area contributed by atoms with Crippen LogP contribution in [0.5, 0.6) is 0 Å². The number of hydrogen-bond acceptors (Lipinski definition) is 4. The molecule has 2 aliphatic rings. The Morgan fingerprint density at radius 1 is 0.625 bits per heavy atom. The van der Waals surface area contributed by atoms with Gasteiger partial charge in [-0.1, -0.05) is 78.9 Å². The van der Waals surface area contributed by atoms with Gasteiger partial charge in [-0.25, -0.2) is 9.96 Å². The van der Waals surface area contributed by atoms with Gasteiger partial charge in [0.25, 0.3) is 5.91 Å². The smallest absolute Gasteiger partial charge is 0.266 e. The molecule has 2 aliphatic heterocycles. The number of rotatable bonds is 3. The second kappa shape index (κ2) is 7.32. The van der Waals surface area contributed by atoms with Crippen molar-refractivity contribution < 1.29 is 14.4 Å². The normalized spacial score (nSPS) is 22.6. The fourth-order valence-corrected chi connectivity index (χ4v) is 4.87. The molecule has 4 aromatic rings. The van der Waals surface area contributed by atoms with Gasteiger partial charge in [0.05, 0.1) is 17.4 Å². The van der Waals surface area contributed by atoms with Gasteiger partial charge in [-0.3, -0.25) is 14.4 Å². The molecule has 2 fully saturated rings. The third-order valence-electron chi connectivity index (χ3n) is 6.28. The molecule has 0 aliphatic carbocycles. The van der Waals surface area contributed by atoms with E-state index in [4.69, 9.17) is 4.84 Å². The van der Waals surface area contributed by atoms with Crippen molar-refractivity contribution in [3.8, 4) is 0 Å². The molecule has 156 valence electrons. The number of carbonyl (C=O) groups excluding carboxylic acids is 2. The summed E-state index contributed by atoms with van der Waals surface area (Å²) in [4.78, 5) is 34.6. The van der Waals surface area contributed by atoms with Crippen molar-refractivity contribution in [1.82, 2.24) is 0 Å². The van der Waals surface area contributed by atoms with Crippen LogP contribution >= 0.6 is 0 Å². The van der Waals surface area contributed by atoms with Crippen molar-refractivity contribution in [3.63, 3.8) is 0 Å². The second-order valence-corrected chi connectivity index (χ2v) is 8.07. The van der Waals surface area contributed by atoms with E-state index in [1.807, 2.05) is 72.8 Å². The van der Waals surface area contributed by atoms with E-state index in [0.29, 0.717) is 5.69 Å². The highest BCUT2D eigenvalue weighted by molar-refractivity contribution is 6.24. The summed E-state index contributed by atoms with van der Waals surface area (Å²) in [6.45, 7) is 0. The lowest BCUT2D eigenvalue weighted by Gasteiger charge is -2.29. The Morgan fingerprint density at radius 2 is 1.25 bits per heavy atom. The molecule has 3 atom stereocenters. The monoisotopic (exact) mass is 420 g/mol. The van der Waals surface area contributed by atoms with Gasteiger partial charge in [0, 0.05) is 0 Å². The van der Waals surface area contributed by atoms with E-state index >= 15 is 0 Å². The first-order valence-electron chi connectivity index (χ1n) is 10.7. The van der Waals surface area contributed by atoms with Gasteiger partial charge >= 0.3 is 0 Å². The van der Waals surface area contributed by atoms with Crippen molar-refractivity contribution >= 4 is 34.0 Å². The molecule has 0 N–H and O–H groups in total. The SMILES string of the molecule is O=C1[C@H]2[C@@H](ON(c3ccccc3)[C@H]2c2cccc3ccccc23)C(=O)N1c1ccccc1. The fourth-order valence-electron chi connectivity index (χ4n) is 4.87. The number of anilines is 2. The predicted molar refractivity (Wildman–Crippen MR) is 123 cm³/mol. The average molecular weight is 420 g/mol. The Hall–Kier alpha value is -3.96. The lowest BCUT2D eigenvalue weighted by atomic mass is 9.87. The van der Waals surface area contributed by atoms with Gasteiger partial charge in [-0.15, -0.1) is 0 Å². The lowest BCUT2D eigenvalue weighted by molar-refractivity contribution is -0.126. The number of carbonyl (C=O) groups is 2. The van der Waals surface area contributed by atoms with Gasteiger partial charge in [-0.2, -0.15) is 0 Å². The maximum Gasteiger partial charge on any atom is 0.266 e. The molecular weight excluding hydrogens is 400 g/mol. The van der Waals surface area contributed by atoms with Gasteiger partial charge in [0.15, 0.2) is 6.10 Å². The zero-order valence-corrected chi connectivity index (χ0v) is 17.2. The van der Waals surface area contributed by atoms with Crippen LogP contribution in [0.25, 0.3) is 10.8 Å². The third-order valence-corrected chi connectivity index (χ3v) is 6.28. The molecule has 0 saturated carbocycles. The first kappa shape index (κ1) is 18.8. The van der Waals surface area contributed by atoms with E-state index in [2.05, 4.69) is 18.2 Å². The molecule has 0 aromatic heterocycles. The Bertz CT molecular complexity index is 1320. The summed E-state index contributed by atoms with van der Waals surface area (Å²) in [7, 11) is 0. The molecule has 0 radical (unpaired) electrons. The molecule has 0 spiro atoms. The topological polar surface area (TPSA) is 49.9 Å². The summed E-state index contributed by atoms with van der Waals surface area (Å²) in [5.41, 5.74) is 2.35. The van der Waals surface area contributed by atoms with Crippen molar-refractivity contribution in [2.45, 2.75) is 12.1 Å². The number of fused-ring (bicyclic) bond motifs is 2. The highest BCUT2D eigenvalue weighted by Gasteiger charge is 2.60. The minimum absolute atomic E-state index is 0.234. The highest BCUT2D eigenvalue weighted by Crippen LogP contribution is 2.48. The van der Waals surface area contributed by atoms with Crippen LogP contribution in [-0.2, 0) is 14.4 Å². The van der Waals surface area contributed by atoms with Crippen molar-refractivity contribution in [3.05, 3.63) is 109 Å². The van der Waals surface area contributed by atoms with E-state index in [1.165, 1.54) is 4.90 Å². The van der Waals surface area contributed by atoms with E-state index in [9.17, 15) is 9.59 Å². The standard InChI is InChI=1S/C27H20N2O3/c30-26-23-24(22-17-9-11-18-10-7-8-16-21(18)22)29(20-14-5-2-6-15-20)32-25(23)27(31)28(26)19-12-3-1-4-13-19/h1-17,23-25H/t23-,24+,25-/m1/s1. The minimum atomic E-state index is -0.869. The maximum atomic E-state index is 13.7. The summed E-state index contributed by atoms with van der Waals surface area (Å²) < 4.78 is 0. The van der Waals surface area contributed by atoms with Crippen LogP contribution < -0.4 is 9.96 Å². The summed E-state index contributed by atoms with van der Waals surface area (Å²) in [6.07, 6.45) is -0.869. The van der Waals surface area contributed by atoms with E-state index < -0.39 is 18.1 Å². The largest absolute Gasteiger partial charge is 0.273 e. The van der Waals surface area contributed by atoms with Crippen LogP contribution in [0, 0.1) is 5.92 Å². The van der Waals surface area contributed by atoms with Crippen LogP contribution in [0.3, 0.4) is 0 Å². The quantitative estimate of drug-likeness (QED) is 0.443. The van der Waals surface area contributed by atoms with Crippen LogP contribution in [0.1, 0.15) is 11.6 Å². The molecular formula is C27H20N2O3. The first-order valence-corrected chi connectivity index (χ1v) is 10.7. The molecule has 32 heavy (non-hydrogen) atoms. The Morgan fingerprint density at radius 3 is 2.00 bits per heavy atom. The molecule has 0 bridgehead atoms. The number of imide groups is 1. The van der Waals surface area contributed by atoms with E-state index in [0.717, 1.165) is 22.0 Å². The summed E-state index contributed by atoms with van der Waals surface area (Å²) in [5.74, 6) is -1.20. The van der Waals surface area contributed by atoms with E-state index in [1.54, 1.807) is 17.2 Å². The molecule has 6 rings (SSSR count). The van der Waals surface area contributed by atoms with Crippen molar-refractivity contribution in [1.29, 1.82) is 0 Å². The zero-order valence-electron chi connectivity index (χ0n) is 17.2.